The molecule has 0 bridgehead atoms. The van der Waals surface area contributed by atoms with Crippen LogP contribution in [0.1, 0.15) is 85.5 Å². The standard InChI is InChI=1S/C21H38O4/c1-5-7-14-24-20(22)18(16(3)4)19(17-12-10-9-11-13-17)21(23)25-15-8-6-2/h16-19H,5-15H2,1-4H3. The molecule has 4 heteroatoms. The summed E-state index contributed by atoms with van der Waals surface area (Å²) in [5.41, 5.74) is 0. The van der Waals surface area contributed by atoms with E-state index in [1.54, 1.807) is 0 Å². The summed E-state index contributed by atoms with van der Waals surface area (Å²) in [6.07, 6.45) is 9.25. The van der Waals surface area contributed by atoms with Crippen LogP contribution in [-0.2, 0) is 19.1 Å². The molecule has 0 heterocycles. The highest BCUT2D eigenvalue weighted by Crippen LogP contribution is 2.38. The zero-order valence-electron chi connectivity index (χ0n) is 16.7. The van der Waals surface area contributed by atoms with Crippen LogP contribution in [0.15, 0.2) is 0 Å². The fraction of sp³-hybridized carbons (Fsp3) is 0.905. The van der Waals surface area contributed by atoms with Crippen LogP contribution in [0.2, 0.25) is 0 Å². The van der Waals surface area contributed by atoms with Crippen molar-refractivity contribution in [3.05, 3.63) is 0 Å². The van der Waals surface area contributed by atoms with Gasteiger partial charge in [-0.15, -0.1) is 0 Å². The maximum atomic E-state index is 12.9. The highest BCUT2D eigenvalue weighted by atomic mass is 16.5. The average molecular weight is 355 g/mol. The zero-order chi connectivity index (χ0) is 18.7. The Morgan fingerprint density at radius 2 is 1.40 bits per heavy atom. The van der Waals surface area contributed by atoms with Gasteiger partial charge < -0.3 is 9.47 Å². The highest BCUT2D eigenvalue weighted by Gasteiger charge is 2.43. The van der Waals surface area contributed by atoms with Crippen molar-refractivity contribution >= 4 is 11.9 Å². The molecule has 1 aliphatic rings. The minimum atomic E-state index is -0.394. The third-order valence-corrected chi connectivity index (χ3v) is 5.29. The zero-order valence-corrected chi connectivity index (χ0v) is 16.7. The largest absolute Gasteiger partial charge is 0.465 e. The number of carbonyl (C=O) groups excluding carboxylic acids is 2. The second kappa shape index (κ2) is 12.3. The van der Waals surface area contributed by atoms with E-state index in [-0.39, 0.29) is 29.7 Å². The molecular formula is C21H38O4. The Kier molecular flexibility index (Phi) is 10.8. The summed E-state index contributed by atoms with van der Waals surface area (Å²) in [6, 6.07) is 0. The smallest absolute Gasteiger partial charge is 0.310 e. The molecule has 0 aromatic heterocycles. The number of hydrogen-bond donors (Lipinski definition) is 0. The fourth-order valence-electron chi connectivity index (χ4n) is 3.79. The van der Waals surface area contributed by atoms with Gasteiger partial charge in [0.2, 0.25) is 0 Å². The van der Waals surface area contributed by atoms with Gasteiger partial charge in [-0.2, -0.15) is 0 Å². The minimum Gasteiger partial charge on any atom is -0.465 e. The first-order valence-corrected chi connectivity index (χ1v) is 10.4. The maximum Gasteiger partial charge on any atom is 0.310 e. The van der Waals surface area contributed by atoms with Crippen LogP contribution in [0, 0.1) is 23.7 Å². The van der Waals surface area contributed by atoms with Gasteiger partial charge in [0.05, 0.1) is 25.0 Å². The van der Waals surface area contributed by atoms with Crippen LogP contribution >= 0.6 is 0 Å². The second-order valence-electron chi connectivity index (χ2n) is 7.74. The van der Waals surface area contributed by atoms with Gasteiger partial charge in [0, 0.05) is 0 Å². The third-order valence-electron chi connectivity index (χ3n) is 5.29. The summed E-state index contributed by atoms with van der Waals surface area (Å²) in [5.74, 6) is -0.841. The lowest BCUT2D eigenvalue weighted by molar-refractivity contribution is -0.166. The number of rotatable bonds is 11. The molecule has 0 radical (unpaired) electrons. The number of unbranched alkanes of at least 4 members (excludes halogenated alkanes) is 2. The molecule has 25 heavy (non-hydrogen) atoms. The van der Waals surface area contributed by atoms with Crippen LogP contribution < -0.4 is 0 Å². The third kappa shape index (κ3) is 7.37. The number of hydrogen-bond acceptors (Lipinski definition) is 4. The quantitative estimate of drug-likeness (QED) is 0.381. The van der Waals surface area contributed by atoms with E-state index in [0.717, 1.165) is 51.4 Å². The van der Waals surface area contributed by atoms with Crippen LogP contribution in [0.3, 0.4) is 0 Å². The van der Waals surface area contributed by atoms with Crippen LogP contribution in [0.5, 0.6) is 0 Å². The molecule has 2 unspecified atom stereocenters. The second-order valence-corrected chi connectivity index (χ2v) is 7.74. The van der Waals surface area contributed by atoms with Crippen molar-refractivity contribution in [3.63, 3.8) is 0 Å². The fourth-order valence-corrected chi connectivity index (χ4v) is 3.79. The van der Waals surface area contributed by atoms with Gasteiger partial charge in [-0.25, -0.2) is 0 Å². The van der Waals surface area contributed by atoms with E-state index < -0.39 is 5.92 Å². The molecule has 0 aliphatic heterocycles. The maximum absolute atomic E-state index is 12.9. The molecule has 1 saturated carbocycles. The first kappa shape index (κ1) is 22.0. The van der Waals surface area contributed by atoms with E-state index in [4.69, 9.17) is 9.47 Å². The van der Waals surface area contributed by atoms with Gasteiger partial charge in [0.25, 0.3) is 0 Å². The highest BCUT2D eigenvalue weighted by molar-refractivity contribution is 5.82. The van der Waals surface area contributed by atoms with Gasteiger partial charge in [-0.1, -0.05) is 59.8 Å². The van der Waals surface area contributed by atoms with E-state index in [1.807, 2.05) is 13.8 Å². The van der Waals surface area contributed by atoms with Crippen molar-refractivity contribution in [2.45, 2.75) is 85.5 Å². The predicted octanol–water partition coefficient (Wildman–Crippen LogP) is 5.14. The molecule has 0 aromatic carbocycles. The lowest BCUT2D eigenvalue weighted by Gasteiger charge is -2.35. The molecule has 4 nitrogen and oxygen atoms in total. The molecule has 0 N–H and O–H groups in total. The van der Waals surface area contributed by atoms with E-state index >= 15 is 0 Å². The Hall–Kier alpha value is -1.06. The van der Waals surface area contributed by atoms with E-state index in [2.05, 4.69) is 13.8 Å². The lowest BCUT2D eigenvalue weighted by atomic mass is 9.70. The van der Waals surface area contributed by atoms with Crippen LogP contribution in [0.4, 0.5) is 0 Å². The number of carbonyl (C=O) groups is 2. The van der Waals surface area contributed by atoms with E-state index in [1.165, 1.54) is 6.42 Å². The molecule has 1 aliphatic carbocycles. The molecule has 0 saturated heterocycles. The Bertz CT molecular complexity index is 385. The normalized spacial score (nSPS) is 18.0. The van der Waals surface area contributed by atoms with E-state index in [9.17, 15) is 9.59 Å². The summed E-state index contributed by atoms with van der Waals surface area (Å²) in [7, 11) is 0. The van der Waals surface area contributed by atoms with Crippen molar-refractivity contribution in [1.82, 2.24) is 0 Å². The SMILES string of the molecule is CCCCOC(=O)C(C(C)C)C(C(=O)OCCCC)C1CCCCC1. The molecule has 146 valence electrons. The van der Waals surface area contributed by atoms with Crippen molar-refractivity contribution in [1.29, 1.82) is 0 Å². The van der Waals surface area contributed by atoms with Crippen LogP contribution in [-0.4, -0.2) is 25.2 Å². The first-order valence-electron chi connectivity index (χ1n) is 10.4. The predicted molar refractivity (Wildman–Crippen MR) is 100 cm³/mol. The van der Waals surface area contributed by atoms with Crippen molar-refractivity contribution in [3.8, 4) is 0 Å². The molecule has 0 aromatic rings. The summed E-state index contributed by atoms with van der Waals surface area (Å²) >= 11 is 0. The van der Waals surface area contributed by atoms with Gasteiger partial charge >= 0.3 is 11.9 Å². The Morgan fingerprint density at radius 1 is 0.880 bits per heavy atom. The van der Waals surface area contributed by atoms with Gasteiger partial charge in [0.15, 0.2) is 0 Å². The van der Waals surface area contributed by atoms with E-state index in [0.29, 0.717) is 13.2 Å². The van der Waals surface area contributed by atoms with Crippen molar-refractivity contribution < 1.29 is 19.1 Å². The molecule has 1 fully saturated rings. The molecule has 0 spiro atoms. The Morgan fingerprint density at radius 3 is 1.88 bits per heavy atom. The van der Waals surface area contributed by atoms with Gasteiger partial charge in [0.1, 0.15) is 0 Å². The minimum absolute atomic E-state index is 0.0692. The topological polar surface area (TPSA) is 52.6 Å². The van der Waals surface area contributed by atoms with Crippen LogP contribution in [0.25, 0.3) is 0 Å². The Balaban J connectivity index is 2.90. The summed E-state index contributed by atoms with van der Waals surface area (Å²) in [4.78, 5) is 25.6. The monoisotopic (exact) mass is 354 g/mol. The van der Waals surface area contributed by atoms with Gasteiger partial charge in [-0.05, 0) is 37.5 Å². The van der Waals surface area contributed by atoms with Crippen molar-refractivity contribution in [2.75, 3.05) is 13.2 Å². The lowest BCUT2D eigenvalue weighted by Crippen LogP contribution is -2.41. The summed E-state index contributed by atoms with van der Waals surface area (Å²) < 4.78 is 11.1. The summed E-state index contributed by atoms with van der Waals surface area (Å²) in [5, 5.41) is 0. The number of esters is 2. The first-order chi connectivity index (χ1) is 12.0. The van der Waals surface area contributed by atoms with Gasteiger partial charge in [-0.3, -0.25) is 9.59 Å². The molecule has 0 amide bonds. The molecule has 1 rings (SSSR count). The Labute approximate surface area is 154 Å². The van der Waals surface area contributed by atoms with Crippen molar-refractivity contribution in [2.24, 2.45) is 23.7 Å². The molecule has 2 atom stereocenters. The number of ether oxygens (including phenoxy) is 2. The average Bonchev–Trinajstić information content (AvgIpc) is 2.60. The summed E-state index contributed by atoms with van der Waals surface area (Å²) in [6.45, 7) is 9.08. The molecular weight excluding hydrogens is 316 g/mol.